The topological polar surface area (TPSA) is 88.5 Å². The Morgan fingerprint density at radius 2 is 1.86 bits per heavy atom. The van der Waals surface area contributed by atoms with E-state index < -0.39 is 12.0 Å². The Balaban J connectivity index is 1.57. The summed E-state index contributed by atoms with van der Waals surface area (Å²) in [6.07, 6.45) is -3.15. The third kappa shape index (κ3) is 3.34. The highest BCUT2D eigenvalue weighted by atomic mass is 19.4. The summed E-state index contributed by atoms with van der Waals surface area (Å²) in [5.74, 6) is 0.507. The molecule has 9 nitrogen and oxygen atoms in total. The van der Waals surface area contributed by atoms with Gasteiger partial charge in [0, 0.05) is 44.9 Å². The maximum absolute atomic E-state index is 13.0. The van der Waals surface area contributed by atoms with E-state index in [4.69, 9.17) is 4.52 Å². The largest absolute Gasteiger partial charge is 0.453 e. The molecule has 1 aliphatic rings. The third-order valence-electron chi connectivity index (χ3n) is 4.67. The summed E-state index contributed by atoms with van der Waals surface area (Å²) in [5, 5.41) is 7.57. The van der Waals surface area contributed by atoms with E-state index in [1.165, 1.54) is 0 Å². The van der Waals surface area contributed by atoms with Crippen molar-refractivity contribution in [3.8, 4) is 0 Å². The Morgan fingerprint density at radius 1 is 1.14 bits per heavy atom. The minimum absolute atomic E-state index is 0.0584. The number of nitrogens with zero attached hydrogens (tertiary/aromatic N) is 8. The second kappa shape index (κ2) is 6.60. The van der Waals surface area contributed by atoms with Crippen LogP contribution in [0, 0.1) is 6.92 Å². The summed E-state index contributed by atoms with van der Waals surface area (Å²) in [7, 11) is 3.67. The number of aromatic nitrogens is 6. The molecule has 12 heteroatoms. The van der Waals surface area contributed by atoms with E-state index in [-0.39, 0.29) is 11.7 Å². The number of rotatable bonds is 3. The van der Waals surface area contributed by atoms with E-state index in [0.29, 0.717) is 36.4 Å². The van der Waals surface area contributed by atoms with Gasteiger partial charge in [0.1, 0.15) is 5.82 Å². The van der Waals surface area contributed by atoms with Crippen LogP contribution in [0.25, 0.3) is 5.78 Å². The smallest absolute Gasteiger partial charge is 0.356 e. The van der Waals surface area contributed by atoms with Crippen LogP contribution in [-0.2, 0) is 6.18 Å². The van der Waals surface area contributed by atoms with Crippen molar-refractivity contribution in [2.24, 2.45) is 0 Å². The van der Waals surface area contributed by atoms with Crippen LogP contribution in [-0.4, -0.2) is 56.9 Å². The summed E-state index contributed by atoms with van der Waals surface area (Å²) < 4.78 is 45.5. The van der Waals surface area contributed by atoms with Gasteiger partial charge < -0.3 is 14.3 Å². The van der Waals surface area contributed by atoms with Crippen LogP contribution < -0.4 is 9.80 Å². The first-order valence-electron chi connectivity index (χ1n) is 8.80. The van der Waals surface area contributed by atoms with E-state index in [9.17, 15) is 13.2 Å². The predicted molar refractivity (Wildman–Crippen MR) is 93.3 cm³/mol. The third-order valence-corrected chi connectivity index (χ3v) is 4.67. The van der Waals surface area contributed by atoms with E-state index in [2.05, 4.69) is 25.2 Å². The first-order valence-corrected chi connectivity index (χ1v) is 8.80. The molecule has 0 spiro atoms. The molecule has 1 aliphatic heterocycles. The first-order chi connectivity index (χ1) is 13.2. The first kappa shape index (κ1) is 18.4. The minimum atomic E-state index is -4.62. The molecule has 0 radical (unpaired) electrons. The van der Waals surface area contributed by atoms with Crippen molar-refractivity contribution >= 4 is 17.5 Å². The summed E-state index contributed by atoms with van der Waals surface area (Å²) in [6, 6.07) is 1.72. The highest BCUT2D eigenvalue weighted by molar-refractivity contribution is 5.48. The Labute approximate surface area is 158 Å². The average Bonchev–Trinajstić information content (AvgIpc) is 3.28. The fourth-order valence-electron chi connectivity index (χ4n) is 3.24. The zero-order valence-electron chi connectivity index (χ0n) is 15.6. The van der Waals surface area contributed by atoms with Gasteiger partial charge in [-0.2, -0.15) is 27.7 Å². The van der Waals surface area contributed by atoms with Crippen LogP contribution >= 0.6 is 0 Å². The van der Waals surface area contributed by atoms with Crippen molar-refractivity contribution in [2.45, 2.75) is 31.9 Å². The molecule has 4 rings (SSSR count). The fraction of sp³-hybridized carbons (Fsp3) is 0.562. The number of aryl methyl sites for hydroxylation is 1. The van der Waals surface area contributed by atoms with E-state index in [1.807, 2.05) is 19.0 Å². The summed E-state index contributed by atoms with van der Waals surface area (Å²) >= 11 is 0. The zero-order chi connectivity index (χ0) is 20.1. The van der Waals surface area contributed by atoms with E-state index in [1.54, 1.807) is 17.9 Å². The molecule has 3 aromatic heterocycles. The molecule has 0 aromatic carbocycles. The van der Waals surface area contributed by atoms with Gasteiger partial charge in [0.05, 0.1) is 0 Å². The Bertz CT molecular complexity index is 988. The van der Waals surface area contributed by atoms with Gasteiger partial charge in [0.2, 0.25) is 5.89 Å². The Hall–Kier alpha value is -2.92. The van der Waals surface area contributed by atoms with Crippen LogP contribution in [0.4, 0.5) is 24.9 Å². The van der Waals surface area contributed by atoms with Crippen LogP contribution in [0.15, 0.2) is 10.6 Å². The molecule has 28 heavy (non-hydrogen) atoms. The van der Waals surface area contributed by atoms with Crippen molar-refractivity contribution in [1.82, 2.24) is 29.7 Å². The van der Waals surface area contributed by atoms with Crippen LogP contribution in [0.3, 0.4) is 0 Å². The molecule has 0 unspecified atom stereocenters. The second-order valence-electron chi connectivity index (χ2n) is 6.99. The SMILES string of the molecule is Cc1cc(N2CCC(c3nc(N(C)C)no3)CC2)n2nc(C(F)(F)F)nc2n1. The molecule has 4 heterocycles. The normalized spacial score (nSPS) is 16.1. The number of piperidine rings is 1. The zero-order valence-corrected chi connectivity index (χ0v) is 15.6. The van der Waals surface area contributed by atoms with Crippen molar-refractivity contribution in [2.75, 3.05) is 37.0 Å². The fourth-order valence-corrected chi connectivity index (χ4v) is 3.24. The van der Waals surface area contributed by atoms with Gasteiger partial charge in [-0.25, -0.2) is 4.98 Å². The molecule has 0 amide bonds. The lowest BCUT2D eigenvalue weighted by molar-refractivity contribution is -0.144. The Morgan fingerprint density at radius 3 is 2.46 bits per heavy atom. The summed E-state index contributed by atoms with van der Waals surface area (Å²) in [6.45, 7) is 2.95. The summed E-state index contributed by atoms with van der Waals surface area (Å²) in [5.41, 5.74) is 0.582. The molecule has 0 bridgehead atoms. The van der Waals surface area contributed by atoms with Crippen LogP contribution in [0.1, 0.15) is 36.2 Å². The monoisotopic (exact) mass is 396 g/mol. The second-order valence-corrected chi connectivity index (χ2v) is 6.99. The molecule has 0 atom stereocenters. The number of halogens is 3. The lowest BCUT2D eigenvalue weighted by atomic mass is 9.97. The summed E-state index contributed by atoms with van der Waals surface area (Å²) in [4.78, 5) is 15.7. The van der Waals surface area contributed by atoms with Gasteiger partial charge in [0.15, 0.2) is 0 Å². The number of alkyl halides is 3. The quantitative estimate of drug-likeness (QED) is 0.666. The van der Waals surface area contributed by atoms with Crippen molar-refractivity contribution in [1.29, 1.82) is 0 Å². The molecule has 1 saturated heterocycles. The van der Waals surface area contributed by atoms with Crippen molar-refractivity contribution < 1.29 is 17.7 Å². The lowest BCUT2D eigenvalue weighted by Crippen LogP contribution is -2.34. The van der Waals surface area contributed by atoms with Crippen LogP contribution in [0.5, 0.6) is 0 Å². The highest BCUT2D eigenvalue weighted by Gasteiger charge is 2.37. The van der Waals surface area contributed by atoms with Gasteiger partial charge in [0.25, 0.3) is 17.6 Å². The minimum Gasteiger partial charge on any atom is -0.356 e. The lowest BCUT2D eigenvalue weighted by Gasteiger charge is -2.32. The van der Waals surface area contributed by atoms with Crippen molar-refractivity contribution in [3.63, 3.8) is 0 Å². The maximum atomic E-state index is 13.0. The molecule has 150 valence electrons. The molecule has 3 aromatic rings. The van der Waals surface area contributed by atoms with Gasteiger partial charge in [-0.05, 0) is 24.9 Å². The van der Waals surface area contributed by atoms with Crippen LogP contribution in [0.2, 0.25) is 0 Å². The van der Waals surface area contributed by atoms with Crippen molar-refractivity contribution in [3.05, 3.63) is 23.5 Å². The van der Waals surface area contributed by atoms with Gasteiger partial charge >= 0.3 is 6.18 Å². The van der Waals surface area contributed by atoms with Gasteiger partial charge in [-0.3, -0.25) is 0 Å². The average molecular weight is 396 g/mol. The number of hydrogen-bond donors (Lipinski definition) is 0. The molecular formula is C16H19F3N8O. The van der Waals surface area contributed by atoms with Gasteiger partial charge in [-0.15, -0.1) is 5.10 Å². The molecule has 1 fully saturated rings. The van der Waals surface area contributed by atoms with E-state index >= 15 is 0 Å². The maximum Gasteiger partial charge on any atom is 0.453 e. The molecule has 0 N–H and O–H groups in total. The van der Waals surface area contributed by atoms with E-state index in [0.717, 1.165) is 17.4 Å². The molecule has 0 aliphatic carbocycles. The number of hydrogen-bond acceptors (Lipinski definition) is 8. The van der Waals surface area contributed by atoms with Gasteiger partial charge in [-0.1, -0.05) is 0 Å². The molecule has 0 saturated carbocycles. The predicted octanol–water partition coefficient (Wildman–Crippen LogP) is 2.28. The Kier molecular flexibility index (Phi) is 4.35. The number of fused-ring (bicyclic) bond motifs is 1. The standard InChI is InChI=1S/C16H19F3N8O/c1-9-8-11(27-14(20-9)22-13(23-27)16(17,18)19)26-6-4-10(5-7-26)12-21-15(24-28-12)25(2)3/h8,10H,4-7H2,1-3H3. The number of anilines is 2. The molecular weight excluding hydrogens is 377 g/mol. The highest BCUT2D eigenvalue weighted by Crippen LogP contribution is 2.32.